The second-order valence-electron chi connectivity index (χ2n) is 4.33. The molecule has 19 heavy (non-hydrogen) atoms. The molecule has 1 aromatic rings. The van der Waals surface area contributed by atoms with Gasteiger partial charge in [0.05, 0.1) is 6.21 Å². The third-order valence-electron chi connectivity index (χ3n) is 2.73. The molecule has 100 valence electrons. The number of hydrogen-bond acceptors (Lipinski definition) is 4. The maximum atomic E-state index is 11.7. The van der Waals surface area contributed by atoms with Crippen molar-refractivity contribution >= 4 is 18.0 Å². The number of hydrogen-bond donors (Lipinski definition) is 3. The molecule has 2 amide bonds. The number of carbonyl (C=O) groups excluding carboxylic acids is 2. The summed E-state index contributed by atoms with van der Waals surface area (Å²) in [6.45, 7) is 3.09. The van der Waals surface area contributed by atoms with Gasteiger partial charge in [-0.1, -0.05) is 29.8 Å². The lowest BCUT2D eigenvalue weighted by atomic mass is 10.2. The standard InChI is InChI=1S/C13H16N4O2/c1-9-3-2-4-10(7-9)8-16-17-13(19)11-12(18)15-6-5-14-11/h2-4,7-8,11,14H,5-6H2,1H3,(H,15,18)(H,17,19)/b16-8-/t11-/m0/s1. The lowest BCUT2D eigenvalue weighted by Crippen LogP contribution is -2.58. The average molecular weight is 260 g/mol. The van der Waals surface area contributed by atoms with Gasteiger partial charge in [0.15, 0.2) is 6.04 Å². The quantitative estimate of drug-likeness (QED) is 0.390. The molecular formula is C13H16N4O2. The molecule has 1 aliphatic rings. The number of rotatable bonds is 3. The van der Waals surface area contributed by atoms with Crippen molar-refractivity contribution in [3.8, 4) is 0 Å². The van der Waals surface area contributed by atoms with E-state index in [0.717, 1.165) is 11.1 Å². The molecule has 0 spiro atoms. The van der Waals surface area contributed by atoms with Crippen LogP contribution in [0.5, 0.6) is 0 Å². The zero-order chi connectivity index (χ0) is 13.7. The van der Waals surface area contributed by atoms with E-state index >= 15 is 0 Å². The molecule has 1 aliphatic heterocycles. The Morgan fingerprint density at radius 1 is 1.47 bits per heavy atom. The van der Waals surface area contributed by atoms with E-state index in [-0.39, 0.29) is 5.91 Å². The molecule has 1 heterocycles. The number of nitrogens with one attached hydrogen (secondary N) is 3. The molecule has 6 nitrogen and oxygen atoms in total. The van der Waals surface area contributed by atoms with E-state index in [9.17, 15) is 9.59 Å². The van der Waals surface area contributed by atoms with Gasteiger partial charge in [-0.25, -0.2) is 5.43 Å². The number of hydrazone groups is 1. The molecule has 1 atom stereocenters. The molecule has 1 fully saturated rings. The first-order valence-electron chi connectivity index (χ1n) is 6.07. The Hall–Kier alpha value is -2.21. The first-order valence-corrected chi connectivity index (χ1v) is 6.07. The van der Waals surface area contributed by atoms with Crippen molar-refractivity contribution in [2.45, 2.75) is 13.0 Å². The number of amides is 2. The molecule has 2 rings (SSSR count). The highest BCUT2D eigenvalue weighted by atomic mass is 16.2. The van der Waals surface area contributed by atoms with E-state index in [0.29, 0.717) is 13.1 Å². The Morgan fingerprint density at radius 2 is 2.32 bits per heavy atom. The Kier molecular flexibility index (Phi) is 4.25. The van der Waals surface area contributed by atoms with Gasteiger partial charge in [0.1, 0.15) is 0 Å². The summed E-state index contributed by atoms with van der Waals surface area (Å²) in [5, 5.41) is 9.29. The third kappa shape index (κ3) is 3.62. The lowest BCUT2D eigenvalue weighted by Gasteiger charge is -2.21. The van der Waals surface area contributed by atoms with Gasteiger partial charge in [-0.05, 0) is 12.5 Å². The predicted molar refractivity (Wildman–Crippen MR) is 71.7 cm³/mol. The third-order valence-corrected chi connectivity index (χ3v) is 2.73. The minimum Gasteiger partial charge on any atom is -0.353 e. The van der Waals surface area contributed by atoms with Gasteiger partial charge in [0, 0.05) is 13.1 Å². The van der Waals surface area contributed by atoms with Crippen LogP contribution in [0.1, 0.15) is 11.1 Å². The summed E-state index contributed by atoms with van der Waals surface area (Å²) in [7, 11) is 0. The zero-order valence-electron chi connectivity index (χ0n) is 10.6. The molecule has 0 saturated carbocycles. The molecule has 1 saturated heterocycles. The van der Waals surface area contributed by atoms with Crippen LogP contribution < -0.4 is 16.1 Å². The van der Waals surface area contributed by atoms with Crippen LogP contribution in [0.3, 0.4) is 0 Å². The van der Waals surface area contributed by atoms with Gasteiger partial charge in [0.25, 0.3) is 5.91 Å². The minimum atomic E-state index is -0.872. The van der Waals surface area contributed by atoms with Gasteiger partial charge in [-0.2, -0.15) is 5.10 Å². The van der Waals surface area contributed by atoms with Crippen LogP contribution in [0, 0.1) is 6.92 Å². The van der Waals surface area contributed by atoms with Gasteiger partial charge < -0.3 is 5.32 Å². The summed E-state index contributed by atoms with van der Waals surface area (Å²) < 4.78 is 0. The molecule has 0 bridgehead atoms. The topological polar surface area (TPSA) is 82.6 Å². The van der Waals surface area contributed by atoms with Crippen LogP contribution in [0.2, 0.25) is 0 Å². The summed E-state index contributed by atoms with van der Waals surface area (Å²) in [4.78, 5) is 23.1. The number of benzene rings is 1. The summed E-state index contributed by atoms with van der Waals surface area (Å²) >= 11 is 0. The first-order chi connectivity index (χ1) is 9.16. The normalized spacial score (nSPS) is 19.2. The second kappa shape index (κ2) is 6.10. The molecular weight excluding hydrogens is 244 g/mol. The Morgan fingerprint density at radius 3 is 3.05 bits per heavy atom. The van der Waals surface area contributed by atoms with Crippen molar-refractivity contribution in [2.75, 3.05) is 13.1 Å². The molecule has 0 aliphatic carbocycles. The van der Waals surface area contributed by atoms with Gasteiger partial charge in [-0.3, -0.25) is 14.9 Å². The van der Waals surface area contributed by atoms with Gasteiger partial charge in [0.2, 0.25) is 5.91 Å². The predicted octanol–water partition coefficient (Wildman–Crippen LogP) is -0.467. The Bertz CT molecular complexity index is 513. The first kappa shape index (κ1) is 13.2. The lowest BCUT2D eigenvalue weighted by molar-refractivity contribution is -0.133. The van der Waals surface area contributed by atoms with Crippen LogP contribution in [0.25, 0.3) is 0 Å². The van der Waals surface area contributed by atoms with Crippen LogP contribution >= 0.6 is 0 Å². The SMILES string of the molecule is Cc1cccc(/C=N\NC(=O)[C@H]2NCCNC2=O)c1. The van der Waals surface area contributed by atoms with Gasteiger partial charge >= 0.3 is 0 Å². The summed E-state index contributed by atoms with van der Waals surface area (Å²) in [6.07, 6.45) is 1.55. The van der Waals surface area contributed by atoms with Crippen molar-refractivity contribution in [3.05, 3.63) is 35.4 Å². The zero-order valence-corrected chi connectivity index (χ0v) is 10.6. The Balaban J connectivity index is 1.91. The maximum absolute atomic E-state index is 11.7. The number of aryl methyl sites for hydroxylation is 1. The van der Waals surface area contributed by atoms with Crippen molar-refractivity contribution in [3.63, 3.8) is 0 Å². The van der Waals surface area contributed by atoms with Crippen molar-refractivity contribution in [2.24, 2.45) is 5.10 Å². The van der Waals surface area contributed by atoms with E-state index in [1.54, 1.807) is 6.21 Å². The molecule has 1 aromatic carbocycles. The second-order valence-corrected chi connectivity index (χ2v) is 4.33. The fourth-order valence-corrected chi connectivity index (χ4v) is 1.79. The fraction of sp³-hybridized carbons (Fsp3) is 0.308. The van der Waals surface area contributed by atoms with Crippen molar-refractivity contribution in [1.82, 2.24) is 16.1 Å². The highest BCUT2D eigenvalue weighted by Gasteiger charge is 2.28. The fourth-order valence-electron chi connectivity index (χ4n) is 1.79. The van der Waals surface area contributed by atoms with E-state index in [1.807, 2.05) is 31.2 Å². The van der Waals surface area contributed by atoms with E-state index < -0.39 is 11.9 Å². The van der Waals surface area contributed by atoms with Crippen LogP contribution in [-0.2, 0) is 9.59 Å². The molecule has 3 N–H and O–H groups in total. The van der Waals surface area contributed by atoms with Crippen LogP contribution in [0.15, 0.2) is 29.4 Å². The monoisotopic (exact) mass is 260 g/mol. The number of piperazine rings is 1. The van der Waals surface area contributed by atoms with Gasteiger partial charge in [-0.15, -0.1) is 0 Å². The van der Waals surface area contributed by atoms with E-state index in [2.05, 4.69) is 21.2 Å². The highest BCUT2D eigenvalue weighted by molar-refractivity contribution is 6.04. The van der Waals surface area contributed by atoms with Crippen LogP contribution in [-0.4, -0.2) is 37.2 Å². The summed E-state index contributed by atoms with van der Waals surface area (Å²) in [5.41, 5.74) is 4.36. The maximum Gasteiger partial charge on any atom is 0.266 e. The van der Waals surface area contributed by atoms with E-state index in [1.165, 1.54) is 0 Å². The largest absolute Gasteiger partial charge is 0.353 e. The van der Waals surface area contributed by atoms with Crippen molar-refractivity contribution in [1.29, 1.82) is 0 Å². The van der Waals surface area contributed by atoms with Crippen molar-refractivity contribution < 1.29 is 9.59 Å². The highest BCUT2D eigenvalue weighted by Crippen LogP contribution is 2.00. The van der Waals surface area contributed by atoms with Crippen LogP contribution in [0.4, 0.5) is 0 Å². The summed E-state index contributed by atoms with van der Waals surface area (Å²) in [6, 6.07) is 6.85. The number of nitrogens with zero attached hydrogens (tertiary/aromatic N) is 1. The Labute approximate surface area is 111 Å². The number of carbonyl (C=O) groups is 2. The average Bonchev–Trinajstić information content (AvgIpc) is 2.39. The van der Waals surface area contributed by atoms with E-state index in [4.69, 9.17) is 0 Å². The molecule has 0 radical (unpaired) electrons. The molecule has 0 aromatic heterocycles. The minimum absolute atomic E-state index is 0.325. The smallest absolute Gasteiger partial charge is 0.266 e. The molecule has 0 unspecified atom stereocenters. The molecule has 6 heteroatoms. The summed E-state index contributed by atoms with van der Waals surface area (Å²) in [5.74, 6) is -0.782.